The molecule has 1 aromatic heterocycles. The van der Waals surface area contributed by atoms with Gasteiger partial charge < -0.3 is 10.6 Å². The number of benzene rings is 1. The molecule has 6 heteroatoms. The van der Waals surface area contributed by atoms with Crippen LogP contribution in [0, 0.1) is 6.92 Å². The maximum atomic E-state index is 12.1. The van der Waals surface area contributed by atoms with Gasteiger partial charge >= 0.3 is 11.8 Å². The first-order chi connectivity index (χ1) is 11.5. The third-order valence-electron chi connectivity index (χ3n) is 4.85. The summed E-state index contributed by atoms with van der Waals surface area (Å²) < 4.78 is 1.65. The number of carbonyl (C=O) groups is 2. The van der Waals surface area contributed by atoms with Gasteiger partial charge in [0.15, 0.2) is 5.82 Å². The van der Waals surface area contributed by atoms with Gasteiger partial charge in [-0.3, -0.25) is 14.3 Å². The molecule has 0 spiro atoms. The van der Waals surface area contributed by atoms with Gasteiger partial charge in [0.25, 0.3) is 0 Å². The number of amides is 2. The number of rotatable bonds is 4. The fourth-order valence-corrected chi connectivity index (χ4v) is 3.09. The van der Waals surface area contributed by atoms with Gasteiger partial charge in [-0.15, -0.1) is 0 Å². The molecular formula is C18H22N4O2. The monoisotopic (exact) mass is 326 g/mol. The van der Waals surface area contributed by atoms with Crippen LogP contribution >= 0.6 is 0 Å². The summed E-state index contributed by atoms with van der Waals surface area (Å²) in [5.41, 5.74) is 2.08. The van der Waals surface area contributed by atoms with E-state index < -0.39 is 11.8 Å². The Hall–Kier alpha value is -2.63. The first-order valence-electron chi connectivity index (χ1n) is 8.15. The summed E-state index contributed by atoms with van der Waals surface area (Å²) in [6.45, 7) is 2.35. The minimum absolute atomic E-state index is 0.0429. The summed E-state index contributed by atoms with van der Waals surface area (Å²) in [4.78, 5) is 24.1. The highest BCUT2D eigenvalue weighted by molar-refractivity contribution is 6.39. The Kier molecular flexibility index (Phi) is 4.38. The summed E-state index contributed by atoms with van der Waals surface area (Å²) in [6.07, 6.45) is 3.20. The van der Waals surface area contributed by atoms with Crippen LogP contribution in [-0.4, -0.2) is 28.1 Å². The van der Waals surface area contributed by atoms with E-state index in [1.54, 1.807) is 17.8 Å². The molecule has 1 aliphatic rings. The standard InChI is InChI=1S/C18H22N4O2/c1-13-11-15(21-22(13)2)20-17(24)16(23)19-12-18(9-6-10-18)14-7-4-3-5-8-14/h3-5,7-8,11H,6,9-10,12H2,1-2H3,(H,19,23)(H,20,21,24). The molecule has 6 nitrogen and oxygen atoms in total. The SMILES string of the molecule is Cc1cc(NC(=O)C(=O)NCC2(c3ccccc3)CCC2)nn1C. The molecule has 1 heterocycles. The van der Waals surface area contributed by atoms with Gasteiger partial charge in [0, 0.05) is 30.8 Å². The van der Waals surface area contributed by atoms with Crippen molar-refractivity contribution in [3.63, 3.8) is 0 Å². The molecule has 1 fully saturated rings. The minimum Gasteiger partial charge on any atom is -0.347 e. The van der Waals surface area contributed by atoms with Crippen LogP contribution in [-0.2, 0) is 22.1 Å². The smallest absolute Gasteiger partial charge is 0.314 e. The van der Waals surface area contributed by atoms with Crippen molar-refractivity contribution >= 4 is 17.6 Å². The van der Waals surface area contributed by atoms with Gasteiger partial charge in [-0.05, 0) is 25.3 Å². The zero-order valence-electron chi connectivity index (χ0n) is 14.0. The van der Waals surface area contributed by atoms with Crippen molar-refractivity contribution in [3.8, 4) is 0 Å². The summed E-state index contributed by atoms with van der Waals surface area (Å²) in [7, 11) is 1.78. The highest BCUT2D eigenvalue weighted by Crippen LogP contribution is 2.43. The van der Waals surface area contributed by atoms with Gasteiger partial charge in [0.1, 0.15) is 0 Å². The second-order valence-corrected chi connectivity index (χ2v) is 6.43. The average Bonchev–Trinajstić information content (AvgIpc) is 2.85. The van der Waals surface area contributed by atoms with E-state index >= 15 is 0 Å². The summed E-state index contributed by atoms with van der Waals surface area (Å²) >= 11 is 0. The molecule has 2 aromatic rings. The molecule has 1 aromatic carbocycles. The van der Waals surface area contributed by atoms with Crippen LogP contribution in [0.1, 0.15) is 30.5 Å². The molecule has 0 radical (unpaired) electrons. The predicted molar refractivity (Wildman–Crippen MR) is 91.6 cm³/mol. The van der Waals surface area contributed by atoms with E-state index in [-0.39, 0.29) is 5.41 Å². The van der Waals surface area contributed by atoms with Crippen LogP contribution < -0.4 is 10.6 Å². The molecule has 2 N–H and O–H groups in total. The van der Waals surface area contributed by atoms with Gasteiger partial charge in [-0.2, -0.15) is 5.10 Å². The second-order valence-electron chi connectivity index (χ2n) is 6.43. The number of hydrogen-bond donors (Lipinski definition) is 2. The molecule has 1 aliphatic carbocycles. The van der Waals surface area contributed by atoms with E-state index in [9.17, 15) is 9.59 Å². The number of nitrogens with zero attached hydrogens (tertiary/aromatic N) is 2. The Balaban J connectivity index is 1.59. The van der Waals surface area contributed by atoms with Crippen molar-refractivity contribution in [2.24, 2.45) is 7.05 Å². The van der Waals surface area contributed by atoms with E-state index in [0.29, 0.717) is 12.4 Å². The van der Waals surface area contributed by atoms with E-state index in [0.717, 1.165) is 25.0 Å². The Morgan fingerprint density at radius 1 is 1.21 bits per heavy atom. The van der Waals surface area contributed by atoms with E-state index in [2.05, 4.69) is 27.9 Å². The van der Waals surface area contributed by atoms with E-state index in [1.165, 1.54) is 5.56 Å². The number of carbonyl (C=O) groups excluding carboxylic acids is 2. The zero-order chi connectivity index (χ0) is 17.2. The molecular weight excluding hydrogens is 304 g/mol. The molecule has 1 saturated carbocycles. The Morgan fingerprint density at radius 2 is 1.92 bits per heavy atom. The molecule has 0 bridgehead atoms. The second kappa shape index (κ2) is 6.47. The molecule has 0 atom stereocenters. The zero-order valence-corrected chi connectivity index (χ0v) is 14.0. The van der Waals surface area contributed by atoms with Crippen LogP contribution in [0.2, 0.25) is 0 Å². The van der Waals surface area contributed by atoms with Crippen molar-refractivity contribution in [1.82, 2.24) is 15.1 Å². The fourth-order valence-electron chi connectivity index (χ4n) is 3.09. The third kappa shape index (κ3) is 3.18. The lowest BCUT2D eigenvalue weighted by Gasteiger charge is -2.42. The summed E-state index contributed by atoms with van der Waals surface area (Å²) in [6, 6.07) is 11.9. The van der Waals surface area contributed by atoms with E-state index in [1.807, 2.05) is 25.1 Å². The topological polar surface area (TPSA) is 76.0 Å². The number of anilines is 1. The fraction of sp³-hybridized carbons (Fsp3) is 0.389. The molecule has 3 rings (SSSR count). The number of aromatic nitrogens is 2. The molecule has 126 valence electrons. The van der Waals surface area contributed by atoms with Crippen molar-refractivity contribution in [3.05, 3.63) is 47.7 Å². The normalized spacial score (nSPS) is 15.4. The molecule has 0 saturated heterocycles. The third-order valence-corrected chi connectivity index (χ3v) is 4.85. The lowest BCUT2D eigenvalue weighted by molar-refractivity contribution is -0.136. The van der Waals surface area contributed by atoms with E-state index in [4.69, 9.17) is 0 Å². The number of nitrogens with one attached hydrogen (secondary N) is 2. The lowest BCUT2D eigenvalue weighted by Crippen LogP contribution is -2.48. The predicted octanol–water partition coefficient (Wildman–Crippen LogP) is 1.91. The van der Waals surface area contributed by atoms with Crippen molar-refractivity contribution in [1.29, 1.82) is 0 Å². The molecule has 2 amide bonds. The van der Waals surface area contributed by atoms with Crippen LogP contribution in [0.15, 0.2) is 36.4 Å². The summed E-state index contributed by atoms with van der Waals surface area (Å²) in [5, 5.41) is 9.43. The maximum absolute atomic E-state index is 12.1. The molecule has 24 heavy (non-hydrogen) atoms. The Labute approximate surface area is 141 Å². The molecule has 0 aliphatic heterocycles. The van der Waals surface area contributed by atoms with Crippen LogP contribution in [0.25, 0.3) is 0 Å². The Morgan fingerprint density at radius 3 is 2.46 bits per heavy atom. The van der Waals surface area contributed by atoms with Crippen LogP contribution in [0.4, 0.5) is 5.82 Å². The lowest BCUT2D eigenvalue weighted by atomic mass is 9.64. The number of hydrogen-bond acceptors (Lipinski definition) is 3. The van der Waals surface area contributed by atoms with Gasteiger partial charge in [-0.25, -0.2) is 0 Å². The van der Waals surface area contributed by atoms with Crippen LogP contribution in [0.3, 0.4) is 0 Å². The Bertz CT molecular complexity index is 728. The van der Waals surface area contributed by atoms with Crippen LogP contribution in [0.5, 0.6) is 0 Å². The minimum atomic E-state index is -0.685. The first-order valence-corrected chi connectivity index (χ1v) is 8.15. The number of aryl methyl sites for hydroxylation is 2. The summed E-state index contributed by atoms with van der Waals surface area (Å²) in [5.74, 6) is -0.923. The van der Waals surface area contributed by atoms with Crippen molar-refractivity contribution in [2.75, 3.05) is 11.9 Å². The first kappa shape index (κ1) is 16.2. The maximum Gasteiger partial charge on any atom is 0.314 e. The quantitative estimate of drug-likeness (QED) is 0.843. The molecule has 0 unspecified atom stereocenters. The largest absolute Gasteiger partial charge is 0.347 e. The van der Waals surface area contributed by atoms with Crippen molar-refractivity contribution in [2.45, 2.75) is 31.6 Å². The average molecular weight is 326 g/mol. The highest BCUT2D eigenvalue weighted by Gasteiger charge is 2.39. The van der Waals surface area contributed by atoms with Crippen molar-refractivity contribution < 1.29 is 9.59 Å². The van der Waals surface area contributed by atoms with Gasteiger partial charge in [-0.1, -0.05) is 36.8 Å². The van der Waals surface area contributed by atoms with Gasteiger partial charge in [0.2, 0.25) is 0 Å². The highest BCUT2D eigenvalue weighted by atomic mass is 16.2. The van der Waals surface area contributed by atoms with Gasteiger partial charge in [0.05, 0.1) is 0 Å².